The fraction of sp³-hybridized carbons (Fsp3) is 0.348. The highest BCUT2D eigenvalue weighted by Gasteiger charge is 2.59. The molecule has 4 rings (SSSR count). The van der Waals surface area contributed by atoms with E-state index in [9.17, 15) is 26.0 Å². The van der Waals surface area contributed by atoms with Gasteiger partial charge in [0.05, 0.1) is 28.3 Å². The third-order valence-electron chi connectivity index (χ3n) is 6.19. The summed E-state index contributed by atoms with van der Waals surface area (Å²) in [5, 5.41) is 3.99. The summed E-state index contributed by atoms with van der Waals surface area (Å²) in [6.07, 6.45) is -3.24. The molecule has 1 aliphatic heterocycles. The highest BCUT2D eigenvalue weighted by atomic mass is 32.2. The van der Waals surface area contributed by atoms with Gasteiger partial charge in [-0.25, -0.2) is 17.2 Å². The van der Waals surface area contributed by atoms with Gasteiger partial charge in [0.1, 0.15) is 17.2 Å². The van der Waals surface area contributed by atoms with Crippen LogP contribution in [0.15, 0.2) is 59.1 Å². The molecule has 2 aliphatic rings. The lowest BCUT2D eigenvalue weighted by molar-refractivity contribution is -0.137. The van der Waals surface area contributed by atoms with E-state index < -0.39 is 60.1 Å². The molecule has 34 heavy (non-hydrogen) atoms. The Labute approximate surface area is 192 Å². The number of oxime groups is 1. The smallest absolute Gasteiger partial charge is 0.416 e. The molecule has 1 heterocycles. The van der Waals surface area contributed by atoms with Crippen LogP contribution in [0.1, 0.15) is 30.4 Å². The summed E-state index contributed by atoms with van der Waals surface area (Å²) >= 11 is 0. The Morgan fingerprint density at radius 1 is 1.15 bits per heavy atom. The van der Waals surface area contributed by atoms with Gasteiger partial charge in [-0.3, -0.25) is 0 Å². The van der Waals surface area contributed by atoms with Crippen molar-refractivity contribution in [2.45, 2.75) is 35.1 Å². The number of hydrogen-bond acceptors (Lipinski definition) is 5. The summed E-state index contributed by atoms with van der Waals surface area (Å²) in [5.41, 5.74) is -0.966. The summed E-state index contributed by atoms with van der Waals surface area (Å²) in [6, 6.07) is 4.64. The Morgan fingerprint density at radius 3 is 2.47 bits per heavy atom. The van der Waals surface area contributed by atoms with E-state index in [0.29, 0.717) is 17.8 Å². The van der Waals surface area contributed by atoms with Crippen molar-refractivity contribution in [3.63, 3.8) is 0 Å². The maximum atomic E-state index is 15.2. The molecule has 1 aliphatic carbocycles. The van der Waals surface area contributed by atoms with E-state index in [0.717, 1.165) is 24.3 Å². The SMILES string of the molecule is C=CCO/N=C1/CC[C@@]2(S(=O)(=O)c3ccc(C(F)(F)F)cc3)c3c(F)ccc(F)c3OCC2C1. The van der Waals surface area contributed by atoms with Crippen LogP contribution in [0.3, 0.4) is 0 Å². The monoisotopic (exact) mass is 501 g/mol. The first-order valence-corrected chi connectivity index (χ1v) is 11.8. The molecule has 1 unspecified atom stereocenters. The van der Waals surface area contributed by atoms with Crippen molar-refractivity contribution in [3.05, 3.63) is 71.8 Å². The first kappa shape index (κ1) is 24.2. The number of fused-ring (bicyclic) bond motifs is 3. The van der Waals surface area contributed by atoms with Crippen molar-refractivity contribution in [3.8, 4) is 5.75 Å². The van der Waals surface area contributed by atoms with Crippen LogP contribution in [0.4, 0.5) is 22.0 Å². The first-order valence-electron chi connectivity index (χ1n) is 10.3. The second-order valence-corrected chi connectivity index (χ2v) is 10.3. The van der Waals surface area contributed by atoms with Crippen molar-refractivity contribution in [2.24, 2.45) is 11.1 Å². The molecule has 2 aromatic rings. The predicted molar refractivity (Wildman–Crippen MR) is 113 cm³/mol. The third kappa shape index (κ3) is 3.85. The van der Waals surface area contributed by atoms with Gasteiger partial charge in [0.2, 0.25) is 0 Å². The molecule has 0 amide bonds. The van der Waals surface area contributed by atoms with Gasteiger partial charge in [-0.2, -0.15) is 13.2 Å². The molecule has 0 spiro atoms. The Hall–Kier alpha value is -2.95. The van der Waals surface area contributed by atoms with Crippen molar-refractivity contribution in [1.82, 2.24) is 0 Å². The zero-order valence-electron chi connectivity index (χ0n) is 17.7. The van der Waals surface area contributed by atoms with Crippen molar-refractivity contribution in [1.29, 1.82) is 0 Å². The van der Waals surface area contributed by atoms with Crippen molar-refractivity contribution in [2.75, 3.05) is 13.2 Å². The van der Waals surface area contributed by atoms with Gasteiger partial charge in [0, 0.05) is 5.92 Å². The Bertz CT molecular complexity index is 1240. The minimum absolute atomic E-state index is 0.0480. The van der Waals surface area contributed by atoms with Gasteiger partial charge in [-0.05, 0) is 55.7 Å². The summed E-state index contributed by atoms with van der Waals surface area (Å²) in [6.45, 7) is 3.38. The fourth-order valence-corrected chi connectivity index (χ4v) is 6.98. The molecule has 1 saturated carbocycles. The molecule has 1 fully saturated rings. The summed E-state index contributed by atoms with van der Waals surface area (Å²) in [5.74, 6) is -3.29. The van der Waals surface area contributed by atoms with Gasteiger partial charge in [-0.1, -0.05) is 17.8 Å². The molecule has 182 valence electrons. The molecular weight excluding hydrogens is 481 g/mol. The summed E-state index contributed by atoms with van der Waals surface area (Å²) < 4.78 is 100. The van der Waals surface area contributed by atoms with Gasteiger partial charge >= 0.3 is 6.18 Å². The van der Waals surface area contributed by atoms with Gasteiger partial charge in [-0.15, -0.1) is 0 Å². The van der Waals surface area contributed by atoms with Gasteiger partial charge < -0.3 is 9.57 Å². The van der Waals surface area contributed by atoms with Crippen LogP contribution < -0.4 is 4.74 Å². The van der Waals surface area contributed by atoms with Crippen LogP contribution in [-0.2, 0) is 25.6 Å². The van der Waals surface area contributed by atoms with E-state index in [1.54, 1.807) is 0 Å². The molecule has 2 aromatic carbocycles. The van der Waals surface area contributed by atoms with E-state index in [1.807, 2.05) is 0 Å². The lowest BCUT2D eigenvalue weighted by Gasteiger charge is -2.47. The molecule has 0 aromatic heterocycles. The molecule has 0 bridgehead atoms. The lowest BCUT2D eigenvalue weighted by Crippen LogP contribution is -2.52. The quantitative estimate of drug-likeness (QED) is 0.238. The lowest BCUT2D eigenvalue weighted by atomic mass is 9.72. The molecule has 0 radical (unpaired) electrons. The Balaban J connectivity index is 1.88. The number of nitrogens with zero attached hydrogens (tertiary/aromatic N) is 1. The van der Waals surface area contributed by atoms with E-state index >= 15 is 4.39 Å². The number of ether oxygens (including phenoxy) is 1. The maximum absolute atomic E-state index is 15.2. The summed E-state index contributed by atoms with van der Waals surface area (Å²) in [7, 11) is -4.51. The van der Waals surface area contributed by atoms with E-state index in [-0.39, 0.29) is 32.5 Å². The van der Waals surface area contributed by atoms with Crippen LogP contribution >= 0.6 is 0 Å². The number of sulfone groups is 1. The Morgan fingerprint density at radius 2 is 1.82 bits per heavy atom. The number of alkyl halides is 3. The molecular formula is C23H20F5NO4S. The molecule has 2 atom stereocenters. The van der Waals surface area contributed by atoms with E-state index in [2.05, 4.69) is 11.7 Å². The highest BCUT2D eigenvalue weighted by Crippen LogP contribution is 2.56. The summed E-state index contributed by atoms with van der Waals surface area (Å²) in [4.78, 5) is 4.68. The van der Waals surface area contributed by atoms with Crippen molar-refractivity contribution < 1.29 is 39.9 Å². The average Bonchev–Trinajstić information content (AvgIpc) is 2.80. The average molecular weight is 501 g/mol. The van der Waals surface area contributed by atoms with Gasteiger partial charge in [0.25, 0.3) is 0 Å². The number of benzene rings is 2. The molecule has 11 heteroatoms. The largest absolute Gasteiger partial charge is 0.490 e. The van der Waals surface area contributed by atoms with Crippen LogP contribution in [0.5, 0.6) is 5.75 Å². The third-order valence-corrected chi connectivity index (χ3v) is 8.79. The number of hydrogen-bond donors (Lipinski definition) is 0. The fourth-order valence-electron chi connectivity index (χ4n) is 4.65. The molecule has 0 N–H and O–H groups in total. The van der Waals surface area contributed by atoms with Gasteiger partial charge in [0.15, 0.2) is 21.4 Å². The standard InChI is InChI=1S/C23H20F5NO4S/c1-2-11-33-29-16-9-10-22(34(30,31)17-5-3-14(4-6-17)23(26,27)28)15(12-16)13-32-21-19(25)8-7-18(24)20(21)22/h2-8,15H,1,9-13H2/b29-16-/t15?,22-/m0/s1. The highest BCUT2D eigenvalue weighted by molar-refractivity contribution is 7.92. The number of rotatable bonds is 5. The predicted octanol–water partition coefficient (Wildman–Crippen LogP) is 5.40. The number of halogens is 5. The first-order chi connectivity index (χ1) is 16.0. The second-order valence-electron chi connectivity index (χ2n) is 8.10. The molecule has 0 saturated heterocycles. The maximum Gasteiger partial charge on any atom is 0.416 e. The minimum Gasteiger partial charge on any atom is -0.490 e. The second kappa shape index (κ2) is 8.68. The van der Waals surface area contributed by atoms with Crippen LogP contribution in [0, 0.1) is 17.6 Å². The van der Waals surface area contributed by atoms with E-state index in [1.165, 1.54) is 6.08 Å². The zero-order chi connectivity index (χ0) is 24.7. The van der Waals surface area contributed by atoms with E-state index in [4.69, 9.17) is 9.57 Å². The van der Waals surface area contributed by atoms with Crippen LogP contribution in [-0.4, -0.2) is 27.3 Å². The topological polar surface area (TPSA) is 65.0 Å². The minimum atomic E-state index is -4.66. The molecule has 5 nitrogen and oxygen atoms in total. The van der Waals surface area contributed by atoms with Crippen LogP contribution in [0.25, 0.3) is 0 Å². The van der Waals surface area contributed by atoms with Crippen LogP contribution in [0.2, 0.25) is 0 Å². The zero-order valence-corrected chi connectivity index (χ0v) is 18.6. The Kier molecular flexibility index (Phi) is 6.17. The normalized spacial score (nSPS) is 23.6. The van der Waals surface area contributed by atoms with Crippen molar-refractivity contribution >= 4 is 15.5 Å².